The van der Waals surface area contributed by atoms with E-state index < -0.39 is 5.41 Å². The van der Waals surface area contributed by atoms with Gasteiger partial charge in [0.2, 0.25) is 0 Å². The number of benzene rings is 1. The van der Waals surface area contributed by atoms with Crippen LogP contribution in [0.2, 0.25) is 0 Å². The molecule has 0 heterocycles. The standard InChI is InChI=1S/C17H26O4/c1-4-21-12-10-17(2,16(19)20-3)13-15-7-5-14(6-8-15)9-11-18/h5-8,18H,4,9-13H2,1-3H3. The van der Waals surface area contributed by atoms with Gasteiger partial charge in [-0.05, 0) is 44.2 Å². The third-order valence-corrected chi connectivity index (χ3v) is 3.70. The zero-order chi connectivity index (χ0) is 15.7. The molecule has 1 atom stereocenters. The fraction of sp³-hybridized carbons (Fsp3) is 0.588. The second kappa shape index (κ2) is 8.80. The highest BCUT2D eigenvalue weighted by molar-refractivity contribution is 5.76. The van der Waals surface area contributed by atoms with Crippen molar-refractivity contribution in [1.82, 2.24) is 0 Å². The summed E-state index contributed by atoms with van der Waals surface area (Å²) in [5.74, 6) is -0.207. The quantitative estimate of drug-likeness (QED) is 0.561. The van der Waals surface area contributed by atoms with Crippen molar-refractivity contribution in [3.63, 3.8) is 0 Å². The average molecular weight is 294 g/mol. The van der Waals surface area contributed by atoms with Crippen molar-refractivity contribution in [2.45, 2.75) is 33.1 Å². The van der Waals surface area contributed by atoms with E-state index in [4.69, 9.17) is 14.6 Å². The van der Waals surface area contributed by atoms with E-state index in [0.717, 1.165) is 11.1 Å². The summed E-state index contributed by atoms with van der Waals surface area (Å²) in [6.45, 7) is 5.19. The van der Waals surface area contributed by atoms with Crippen molar-refractivity contribution < 1.29 is 19.4 Å². The molecule has 0 aliphatic rings. The molecule has 118 valence electrons. The van der Waals surface area contributed by atoms with Crippen molar-refractivity contribution in [3.05, 3.63) is 35.4 Å². The molecule has 0 saturated carbocycles. The number of aliphatic hydroxyl groups excluding tert-OH is 1. The maximum atomic E-state index is 12.1. The van der Waals surface area contributed by atoms with E-state index in [-0.39, 0.29) is 12.6 Å². The Morgan fingerprint density at radius 3 is 2.38 bits per heavy atom. The zero-order valence-electron chi connectivity index (χ0n) is 13.2. The molecule has 4 nitrogen and oxygen atoms in total. The minimum Gasteiger partial charge on any atom is -0.469 e. The third-order valence-electron chi connectivity index (χ3n) is 3.70. The van der Waals surface area contributed by atoms with Gasteiger partial charge in [-0.3, -0.25) is 4.79 Å². The molecule has 0 aliphatic carbocycles. The van der Waals surface area contributed by atoms with Crippen molar-refractivity contribution in [2.75, 3.05) is 26.9 Å². The van der Waals surface area contributed by atoms with Crippen LogP contribution >= 0.6 is 0 Å². The molecule has 4 heteroatoms. The van der Waals surface area contributed by atoms with Crippen LogP contribution in [-0.4, -0.2) is 38.0 Å². The fourth-order valence-electron chi connectivity index (χ4n) is 2.35. The highest BCUT2D eigenvalue weighted by Gasteiger charge is 2.34. The van der Waals surface area contributed by atoms with E-state index in [1.807, 2.05) is 38.1 Å². The number of carbonyl (C=O) groups is 1. The first-order valence-electron chi connectivity index (χ1n) is 7.40. The summed E-state index contributed by atoms with van der Waals surface area (Å²) in [4.78, 5) is 12.1. The third kappa shape index (κ3) is 5.48. The van der Waals surface area contributed by atoms with Crippen LogP contribution in [0.3, 0.4) is 0 Å². The minimum absolute atomic E-state index is 0.146. The number of aliphatic hydroxyl groups is 1. The monoisotopic (exact) mass is 294 g/mol. The molecule has 1 rings (SSSR count). The van der Waals surface area contributed by atoms with Gasteiger partial charge in [0.05, 0.1) is 12.5 Å². The lowest BCUT2D eigenvalue weighted by Crippen LogP contribution is -2.33. The van der Waals surface area contributed by atoms with E-state index >= 15 is 0 Å². The van der Waals surface area contributed by atoms with Gasteiger partial charge in [-0.1, -0.05) is 24.3 Å². The molecule has 1 N–H and O–H groups in total. The highest BCUT2D eigenvalue weighted by Crippen LogP contribution is 2.28. The van der Waals surface area contributed by atoms with Gasteiger partial charge in [0.15, 0.2) is 0 Å². The van der Waals surface area contributed by atoms with Gasteiger partial charge in [0.1, 0.15) is 0 Å². The molecular weight excluding hydrogens is 268 g/mol. The summed E-state index contributed by atoms with van der Waals surface area (Å²) in [6.07, 6.45) is 1.90. The van der Waals surface area contributed by atoms with Gasteiger partial charge in [-0.15, -0.1) is 0 Å². The Balaban J connectivity index is 2.77. The first-order valence-corrected chi connectivity index (χ1v) is 7.40. The molecule has 0 aromatic heterocycles. The van der Waals surface area contributed by atoms with Crippen LogP contribution in [0.4, 0.5) is 0 Å². The van der Waals surface area contributed by atoms with Gasteiger partial charge < -0.3 is 14.6 Å². The highest BCUT2D eigenvalue weighted by atomic mass is 16.5. The molecule has 0 aliphatic heterocycles. The van der Waals surface area contributed by atoms with Crippen LogP contribution in [0.5, 0.6) is 0 Å². The van der Waals surface area contributed by atoms with E-state index in [1.165, 1.54) is 7.11 Å². The van der Waals surface area contributed by atoms with Crippen LogP contribution in [0, 0.1) is 5.41 Å². The molecule has 21 heavy (non-hydrogen) atoms. The molecule has 1 unspecified atom stereocenters. The van der Waals surface area contributed by atoms with Crippen LogP contribution in [0.1, 0.15) is 31.4 Å². The lowest BCUT2D eigenvalue weighted by atomic mass is 9.80. The molecule has 0 bridgehead atoms. The number of methoxy groups -OCH3 is 1. The van der Waals surface area contributed by atoms with E-state index in [9.17, 15) is 4.79 Å². The average Bonchev–Trinajstić information content (AvgIpc) is 2.49. The number of hydrogen-bond acceptors (Lipinski definition) is 4. The van der Waals surface area contributed by atoms with Gasteiger partial charge in [0.25, 0.3) is 0 Å². The predicted molar refractivity (Wildman–Crippen MR) is 82.2 cm³/mol. The molecule has 0 amide bonds. The first-order chi connectivity index (χ1) is 10.1. The Morgan fingerprint density at radius 1 is 1.24 bits per heavy atom. The van der Waals surface area contributed by atoms with Crippen LogP contribution in [0.15, 0.2) is 24.3 Å². The molecular formula is C17H26O4. The zero-order valence-corrected chi connectivity index (χ0v) is 13.2. The summed E-state index contributed by atoms with van der Waals surface area (Å²) >= 11 is 0. The summed E-state index contributed by atoms with van der Waals surface area (Å²) in [6, 6.07) is 8.00. The molecule has 1 aromatic rings. The van der Waals surface area contributed by atoms with Crippen LogP contribution in [-0.2, 0) is 27.1 Å². The van der Waals surface area contributed by atoms with E-state index in [1.54, 1.807) is 0 Å². The Morgan fingerprint density at radius 2 is 1.86 bits per heavy atom. The molecule has 0 radical (unpaired) electrons. The molecule has 0 spiro atoms. The van der Waals surface area contributed by atoms with Crippen molar-refractivity contribution in [1.29, 1.82) is 0 Å². The lowest BCUT2D eigenvalue weighted by molar-refractivity contribution is -0.153. The van der Waals surface area contributed by atoms with Gasteiger partial charge >= 0.3 is 5.97 Å². The van der Waals surface area contributed by atoms with E-state index in [2.05, 4.69) is 0 Å². The lowest BCUT2D eigenvalue weighted by Gasteiger charge is -2.26. The summed E-state index contributed by atoms with van der Waals surface area (Å²) in [5, 5.41) is 8.93. The number of esters is 1. The Labute approximate surface area is 127 Å². The number of ether oxygens (including phenoxy) is 2. The van der Waals surface area contributed by atoms with Crippen molar-refractivity contribution in [2.24, 2.45) is 5.41 Å². The maximum Gasteiger partial charge on any atom is 0.311 e. The van der Waals surface area contributed by atoms with Gasteiger partial charge in [-0.2, -0.15) is 0 Å². The summed E-state index contributed by atoms with van der Waals surface area (Å²) in [5.41, 5.74) is 1.60. The molecule has 1 aromatic carbocycles. The normalized spacial score (nSPS) is 13.7. The first kappa shape index (κ1) is 17.7. The largest absolute Gasteiger partial charge is 0.469 e. The Kier molecular flexibility index (Phi) is 7.40. The van der Waals surface area contributed by atoms with Crippen molar-refractivity contribution in [3.8, 4) is 0 Å². The van der Waals surface area contributed by atoms with Gasteiger partial charge in [0, 0.05) is 19.8 Å². The maximum absolute atomic E-state index is 12.1. The SMILES string of the molecule is CCOCCC(C)(Cc1ccc(CCO)cc1)C(=O)OC. The topological polar surface area (TPSA) is 55.8 Å². The molecule has 0 saturated heterocycles. The van der Waals surface area contributed by atoms with Gasteiger partial charge in [-0.25, -0.2) is 0 Å². The number of carbonyl (C=O) groups excluding carboxylic acids is 1. The predicted octanol–water partition coefficient (Wildman–Crippen LogP) is 2.37. The van der Waals surface area contributed by atoms with Crippen LogP contribution < -0.4 is 0 Å². The Bertz CT molecular complexity index is 427. The fourth-order valence-corrected chi connectivity index (χ4v) is 2.35. The second-order valence-electron chi connectivity index (χ2n) is 5.47. The van der Waals surface area contributed by atoms with Crippen LogP contribution in [0.25, 0.3) is 0 Å². The second-order valence-corrected chi connectivity index (χ2v) is 5.47. The smallest absolute Gasteiger partial charge is 0.311 e. The number of hydrogen-bond donors (Lipinski definition) is 1. The number of rotatable bonds is 9. The summed E-state index contributed by atoms with van der Waals surface area (Å²) in [7, 11) is 1.42. The molecule has 0 fully saturated rings. The van der Waals surface area contributed by atoms with E-state index in [0.29, 0.717) is 32.5 Å². The summed E-state index contributed by atoms with van der Waals surface area (Å²) < 4.78 is 10.3. The minimum atomic E-state index is -0.581. The van der Waals surface area contributed by atoms with Crippen molar-refractivity contribution >= 4 is 5.97 Å². The Hall–Kier alpha value is -1.39.